The standard InChI is InChI=1S/C19H12FN3O5/c20-16-5-3-12(9-17(16)23(25)26)18-6-4-14(28-18)8-13(10-21)19(24)22-11-15-2-1-7-27-15/h1-9H,11H2,(H,22,24)/b13-8+. The molecular formula is C19H12FN3O5. The molecule has 0 bridgehead atoms. The first-order valence-corrected chi connectivity index (χ1v) is 7.94. The molecule has 28 heavy (non-hydrogen) atoms. The van der Waals surface area contributed by atoms with Crippen LogP contribution in [0.25, 0.3) is 17.4 Å². The van der Waals surface area contributed by atoms with E-state index in [0.717, 1.165) is 12.1 Å². The molecule has 0 spiro atoms. The van der Waals surface area contributed by atoms with E-state index in [9.17, 15) is 24.6 Å². The molecule has 3 rings (SSSR count). The summed E-state index contributed by atoms with van der Waals surface area (Å²) in [6, 6.07) is 11.5. The van der Waals surface area contributed by atoms with E-state index in [1.165, 1.54) is 30.5 Å². The van der Waals surface area contributed by atoms with E-state index in [0.29, 0.717) is 5.76 Å². The summed E-state index contributed by atoms with van der Waals surface area (Å²) in [5.41, 5.74) is -0.591. The molecular weight excluding hydrogens is 369 g/mol. The Bertz CT molecular complexity index is 1090. The molecule has 140 valence electrons. The zero-order valence-electron chi connectivity index (χ0n) is 14.2. The van der Waals surface area contributed by atoms with Gasteiger partial charge in [0.05, 0.1) is 17.7 Å². The number of halogens is 1. The molecule has 9 heteroatoms. The first-order valence-electron chi connectivity index (χ1n) is 7.94. The molecule has 8 nitrogen and oxygen atoms in total. The van der Waals surface area contributed by atoms with Gasteiger partial charge in [-0.3, -0.25) is 14.9 Å². The Labute approximate surface area is 157 Å². The summed E-state index contributed by atoms with van der Waals surface area (Å²) in [6.07, 6.45) is 2.70. The van der Waals surface area contributed by atoms with E-state index < -0.39 is 22.3 Å². The number of furan rings is 2. The molecule has 1 amide bonds. The van der Waals surface area contributed by atoms with Gasteiger partial charge in [0.25, 0.3) is 5.91 Å². The molecule has 0 aliphatic carbocycles. The van der Waals surface area contributed by atoms with Crippen molar-refractivity contribution in [2.45, 2.75) is 6.54 Å². The number of nitro groups is 1. The fraction of sp³-hybridized carbons (Fsp3) is 0.0526. The number of carbonyl (C=O) groups is 1. The van der Waals surface area contributed by atoms with E-state index in [2.05, 4.69) is 5.32 Å². The van der Waals surface area contributed by atoms with Crippen LogP contribution in [0.2, 0.25) is 0 Å². The molecule has 0 aliphatic heterocycles. The van der Waals surface area contributed by atoms with Crippen molar-refractivity contribution < 1.29 is 22.9 Å². The van der Waals surface area contributed by atoms with Gasteiger partial charge in [-0.25, -0.2) is 0 Å². The van der Waals surface area contributed by atoms with Gasteiger partial charge in [-0.05, 0) is 36.4 Å². The van der Waals surface area contributed by atoms with Gasteiger partial charge in [-0.15, -0.1) is 0 Å². The summed E-state index contributed by atoms with van der Waals surface area (Å²) in [4.78, 5) is 22.1. The summed E-state index contributed by atoms with van der Waals surface area (Å²) >= 11 is 0. The fourth-order valence-electron chi connectivity index (χ4n) is 2.36. The maximum absolute atomic E-state index is 13.5. The van der Waals surface area contributed by atoms with Crippen molar-refractivity contribution in [3.63, 3.8) is 0 Å². The van der Waals surface area contributed by atoms with Gasteiger partial charge in [0.2, 0.25) is 5.82 Å². The van der Waals surface area contributed by atoms with Crippen molar-refractivity contribution in [2.75, 3.05) is 0 Å². The second-order valence-electron chi connectivity index (χ2n) is 5.56. The van der Waals surface area contributed by atoms with Gasteiger partial charge >= 0.3 is 5.69 Å². The number of nitro benzene ring substituents is 1. The summed E-state index contributed by atoms with van der Waals surface area (Å²) < 4.78 is 24.1. The monoisotopic (exact) mass is 381 g/mol. The Kier molecular flexibility index (Phi) is 5.32. The van der Waals surface area contributed by atoms with Gasteiger partial charge in [0, 0.05) is 17.7 Å². The molecule has 2 aromatic heterocycles. The third-order valence-electron chi connectivity index (χ3n) is 3.71. The van der Waals surface area contributed by atoms with E-state index in [4.69, 9.17) is 8.83 Å². The number of carbonyl (C=O) groups excluding carboxylic acids is 1. The van der Waals surface area contributed by atoms with E-state index in [1.807, 2.05) is 0 Å². The predicted octanol–water partition coefficient (Wildman–Crippen LogP) is 3.81. The van der Waals surface area contributed by atoms with Crippen LogP contribution < -0.4 is 5.32 Å². The lowest BCUT2D eigenvalue weighted by Crippen LogP contribution is -2.23. The molecule has 0 unspecified atom stereocenters. The minimum Gasteiger partial charge on any atom is -0.467 e. The minimum atomic E-state index is -0.958. The number of nitriles is 1. The Hall–Kier alpha value is -4.19. The summed E-state index contributed by atoms with van der Waals surface area (Å²) in [5.74, 6) is -0.632. The topological polar surface area (TPSA) is 122 Å². The average molecular weight is 381 g/mol. The lowest BCUT2D eigenvalue weighted by atomic mass is 10.1. The molecule has 0 saturated heterocycles. The van der Waals surface area contributed by atoms with Crippen LogP contribution in [-0.2, 0) is 11.3 Å². The molecule has 0 radical (unpaired) electrons. The fourth-order valence-corrected chi connectivity index (χ4v) is 2.36. The third-order valence-corrected chi connectivity index (χ3v) is 3.71. The Morgan fingerprint density at radius 1 is 1.32 bits per heavy atom. The molecule has 0 saturated carbocycles. The molecule has 1 N–H and O–H groups in total. The van der Waals surface area contributed by atoms with Gasteiger partial charge in [0.15, 0.2) is 0 Å². The second kappa shape index (κ2) is 8.01. The maximum atomic E-state index is 13.5. The minimum absolute atomic E-state index is 0.119. The van der Waals surface area contributed by atoms with Crippen LogP contribution in [0.5, 0.6) is 0 Å². The summed E-state index contributed by atoms with van der Waals surface area (Å²) in [5, 5.41) is 22.6. The highest BCUT2D eigenvalue weighted by molar-refractivity contribution is 6.01. The van der Waals surface area contributed by atoms with Crippen molar-refractivity contribution in [3.05, 3.63) is 81.8 Å². The van der Waals surface area contributed by atoms with Gasteiger partial charge in [-0.2, -0.15) is 9.65 Å². The van der Waals surface area contributed by atoms with Crippen LogP contribution in [-0.4, -0.2) is 10.8 Å². The van der Waals surface area contributed by atoms with Crippen LogP contribution in [0.3, 0.4) is 0 Å². The van der Waals surface area contributed by atoms with Crippen molar-refractivity contribution in [3.8, 4) is 17.4 Å². The lowest BCUT2D eigenvalue weighted by molar-refractivity contribution is -0.387. The average Bonchev–Trinajstić information content (AvgIpc) is 3.36. The largest absolute Gasteiger partial charge is 0.467 e. The van der Waals surface area contributed by atoms with E-state index in [1.54, 1.807) is 18.2 Å². The first-order chi connectivity index (χ1) is 13.5. The van der Waals surface area contributed by atoms with E-state index in [-0.39, 0.29) is 29.2 Å². The molecule has 3 aromatic rings. The molecule has 2 heterocycles. The van der Waals surface area contributed by atoms with Crippen LogP contribution in [0, 0.1) is 27.3 Å². The van der Waals surface area contributed by atoms with Gasteiger partial charge in [-0.1, -0.05) is 0 Å². The van der Waals surface area contributed by atoms with Crippen LogP contribution >= 0.6 is 0 Å². The van der Waals surface area contributed by atoms with Gasteiger partial charge < -0.3 is 14.2 Å². The van der Waals surface area contributed by atoms with Crippen molar-refractivity contribution in [1.82, 2.24) is 5.32 Å². The smallest absolute Gasteiger partial charge is 0.305 e. The number of rotatable bonds is 6. The third kappa shape index (κ3) is 4.13. The maximum Gasteiger partial charge on any atom is 0.305 e. The highest BCUT2D eigenvalue weighted by Crippen LogP contribution is 2.28. The number of nitrogens with zero attached hydrogens (tertiary/aromatic N) is 2. The van der Waals surface area contributed by atoms with Gasteiger partial charge in [0.1, 0.15) is 28.9 Å². The summed E-state index contributed by atoms with van der Waals surface area (Å²) in [6.45, 7) is 0.119. The predicted molar refractivity (Wildman–Crippen MR) is 94.9 cm³/mol. The second-order valence-corrected chi connectivity index (χ2v) is 5.56. The Balaban J connectivity index is 1.78. The Morgan fingerprint density at radius 2 is 2.14 bits per heavy atom. The number of hydrogen-bond acceptors (Lipinski definition) is 6. The molecule has 0 atom stereocenters. The van der Waals surface area contributed by atoms with Crippen molar-refractivity contribution >= 4 is 17.7 Å². The lowest BCUT2D eigenvalue weighted by Gasteiger charge is -2.01. The number of amides is 1. The van der Waals surface area contributed by atoms with Crippen LogP contribution in [0.4, 0.5) is 10.1 Å². The Morgan fingerprint density at radius 3 is 2.82 bits per heavy atom. The molecule has 0 aliphatic rings. The van der Waals surface area contributed by atoms with Crippen molar-refractivity contribution in [1.29, 1.82) is 5.26 Å². The summed E-state index contributed by atoms with van der Waals surface area (Å²) in [7, 11) is 0. The van der Waals surface area contributed by atoms with E-state index >= 15 is 0 Å². The van der Waals surface area contributed by atoms with Crippen LogP contribution in [0.1, 0.15) is 11.5 Å². The highest BCUT2D eigenvalue weighted by atomic mass is 19.1. The van der Waals surface area contributed by atoms with Crippen LogP contribution in [0.15, 0.2) is 63.1 Å². The molecule has 0 fully saturated rings. The number of hydrogen-bond donors (Lipinski definition) is 1. The quantitative estimate of drug-likeness (QED) is 0.300. The van der Waals surface area contributed by atoms with Crippen molar-refractivity contribution in [2.24, 2.45) is 0 Å². The number of benzene rings is 1. The SMILES string of the molecule is N#C/C(=C\c1ccc(-c2ccc(F)c([N+](=O)[O-])c2)o1)C(=O)NCc1ccco1. The number of nitrogens with one attached hydrogen (secondary N) is 1. The zero-order chi connectivity index (χ0) is 20.1. The molecule has 1 aromatic carbocycles. The zero-order valence-corrected chi connectivity index (χ0v) is 14.2. The highest BCUT2D eigenvalue weighted by Gasteiger charge is 2.17. The normalized spacial score (nSPS) is 11.1. The first kappa shape index (κ1) is 18.6.